The third-order valence-corrected chi connectivity index (χ3v) is 5.36. The van der Waals surface area contributed by atoms with Gasteiger partial charge in [-0.2, -0.15) is 0 Å². The van der Waals surface area contributed by atoms with Gasteiger partial charge in [0, 0.05) is 10.4 Å². The molecule has 0 radical (unpaired) electrons. The molecular weight excluding hydrogens is 314 g/mol. The van der Waals surface area contributed by atoms with Crippen molar-refractivity contribution in [3.63, 3.8) is 0 Å². The molecule has 0 atom stereocenters. The maximum Gasteiger partial charge on any atom is 0.260 e. The van der Waals surface area contributed by atoms with E-state index < -0.39 is 0 Å². The molecule has 0 saturated heterocycles. The van der Waals surface area contributed by atoms with Crippen LogP contribution in [0.4, 0.5) is 5.69 Å². The standard InChI is InChI=1S/C16H15N3O3S/c20-15-13-11-6-1-2-7-12(11)23-16(13)18-14(17-15)9-4-3-5-10(8-9)19(21)22/h3-5,8,21-22H,1-2,6-7H2,(H,17,18,20). The van der Waals surface area contributed by atoms with Gasteiger partial charge in [-0.25, -0.2) is 4.98 Å². The highest BCUT2D eigenvalue weighted by Gasteiger charge is 2.20. The number of anilines is 1. The smallest absolute Gasteiger partial charge is 0.260 e. The lowest BCUT2D eigenvalue weighted by atomic mass is 9.97. The monoisotopic (exact) mass is 329 g/mol. The van der Waals surface area contributed by atoms with Gasteiger partial charge in [-0.1, -0.05) is 12.1 Å². The van der Waals surface area contributed by atoms with Gasteiger partial charge in [-0.15, -0.1) is 16.6 Å². The Morgan fingerprint density at radius 2 is 2.04 bits per heavy atom. The maximum atomic E-state index is 12.5. The minimum Gasteiger partial charge on any atom is -0.306 e. The van der Waals surface area contributed by atoms with Crippen LogP contribution >= 0.6 is 11.3 Å². The number of rotatable bonds is 2. The molecule has 0 fully saturated rings. The van der Waals surface area contributed by atoms with Crippen LogP contribution in [0.15, 0.2) is 29.1 Å². The number of aromatic amines is 1. The highest BCUT2D eigenvalue weighted by molar-refractivity contribution is 7.18. The molecular formula is C16H15N3O3S. The molecule has 0 bridgehead atoms. The number of benzene rings is 1. The molecule has 2 aromatic heterocycles. The Hall–Kier alpha value is -2.22. The third-order valence-electron chi connectivity index (χ3n) is 4.18. The van der Waals surface area contributed by atoms with Crippen LogP contribution in [0.3, 0.4) is 0 Å². The van der Waals surface area contributed by atoms with Crippen molar-refractivity contribution in [2.45, 2.75) is 25.7 Å². The van der Waals surface area contributed by atoms with Crippen LogP contribution in [-0.4, -0.2) is 20.4 Å². The number of thiophene rings is 1. The number of fused-ring (bicyclic) bond motifs is 3. The van der Waals surface area contributed by atoms with Crippen molar-refractivity contribution < 1.29 is 10.4 Å². The maximum absolute atomic E-state index is 12.5. The van der Waals surface area contributed by atoms with Crippen LogP contribution < -0.4 is 10.8 Å². The summed E-state index contributed by atoms with van der Waals surface area (Å²) in [7, 11) is 0. The summed E-state index contributed by atoms with van der Waals surface area (Å²) in [6.07, 6.45) is 4.24. The predicted molar refractivity (Wildman–Crippen MR) is 88.4 cm³/mol. The van der Waals surface area contributed by atoms with E-state index in [1.807, 2.05) is 0 Å². The van der Waals surface area contributed by atoms with Crippen LogP contribution in [0.1, 0.15) is 23.3 Å². The van der Waals surface area contributed by atoms with Crippen molar-refractivity contribution >= 4 is 27.2 Å². The first-order valence-corrected chi connectivity index (χ1v) is 8.28. The lowest BCUT2D eigenvalue weighted by Crippen LogP contribution is -2.12. The van der Waals surface area contributed by atoms with Gasteiger partial charge < -0.3 is 4.98 Å². The van der Waals surface area contributed by atoms with Gasteiger partial charge in [0.15, 0.2) is 0 Å². The molecule has 1 aromatic carbocycles. The fourth-order valence-corrected chi connectivity index (χ4v) is 4.34. The van der Waals surface area contributed by atoms with Gasteiger partial charge in [0.2, 0.25) is 0 Å². The highest BCUT2D eigenvalue weighted by Crippen LogP contribution is 2.34. The molecule has 23 heavy (non-hydrogen) atoms. The Balaban J connectivity index is 1.89. The predicted octanol–water partition coefficient (Wildman–Crippen LogP) is 3.12. The molecule has 1 aliphatic carbocycles. The van der Waals surface area contributed by atoms with Crippen LogP contribution in [0.25, 0.3) is 21.6 Å². The highest BCUT2D eigenvalue weighted by atomic mass is 32.1. The Morgan fingerprint density at radius 1 is 1.22 bits per heavy atom. The van der Waals surface area contributed by atoms with Crippen LogP contribution in [0.2, 0.25) is 0 Å². The summed E-state index contributed by atoms with van der Waals surface area (Å²) < 4.78 is 0. The second-order valence-electron chi connectivity index (χ2n) is 5.65. The molecule has 7 heteroatoms. The van der Waals surface area contributed by atoms with E-state index in [0.29, 0.717) is 11.4 Å². The zero-order valence-corrected chi connectivity index (χ0v) is 13.1. The molecule has 118 valence electrons. The summed E-state index contributed by atoms with van der Waals surface area (Å²) in [4.78, 5) is 22.0. The van der Waals surface area contributed by atoms with E-state index in [4.69, 9.17) is 10.4 Å². The quantitative estimate of drug-likeness (QED) is 0.629. The fraction of sp³-hybridized carbons (Fsp3) is 0.250. The number of hydrogen-bond acceptors (Lipinski definition) is 6. The summed E-state index contributed by atoms with van der Waals surface area (Å²) >= 11 is 1.59. The number of nitrogens with zero attached hydrogens (tertiary/aromatic N) is 2. The Kier molecular flexibility index (Phi) is 3.41. The van der Waals surface area contributed by atoms with Gasteiger partial charge >= 0.3 is 0 Å². The van der Waals surface area contributed by atoms with Gasteiger partial charge in [0.1, 0.15) is 10.7 Å². The summed E-state index contributed by atoms with van der Waals surface area (Å²) in [5, 5.41) is 19.0. The van der Waals surface area contributed by atoms with Crippen LogP contribution in [-0.2, 0) is 12.8 Å². The number of H-pyrrole nitrogens is 1. The summed E-state index contributed by atoms with van der Waals surface area (Å²) in [5.41, 5.74) is 1.86. The first-order chi connectivity index (χ1) is 11.1. The SMILES string of the molecule is O=c1[nH]c(-c2cccc(N(O)O)c2)nc2sc3c(c12)CCCC3. The van der Waals surface area contributed by atoms with Crippen molar-refractivity contribution in [3.05, 3.63) is 45.1 Å². The van der Waals surface area contributed by atoms with E-state index in [9.17, 15) is 4.79 Å². The second kappa shape index (κ2) is 5.45. The van der Waals surface area contributed by atoms with Crippen molar-refractivity contribution in [2.24, 2.45) is 0 Å². The normalized spacial score (nSPS) is 14.0. The molecule has 0 spiro atoms. The average Bonchev–Trinajstić information content (AvgIpc) is 2.93. The molecule has 0 saturated carbocycles. The molecule has 3 aromatic rings. The molecule has 0 unspecified atom stereocenters. The van der Waals surface area contributed by atoms with Gasteiger partial charge in [-0.05, 0) is 43.4 Å². The Bertz CT molecular complexity index is 945. The van der Waals surface area contributed by atoms with Crippen LogP contribution in [0.5, 0.6) is 0 Å². The van der Waals surface area contributed by atoms with E-state index >= 15 is 0 Å². The first-order valence-electron chi connectivity index (χ1n) is 7.46. The molecule has 4 rings (SSSR count). The van der Waals surface area contributed by atoms with Crippen molar-refractivity contribution in [1.82, 2.24) is 9.97 Å². The average molecular weight is 329 g/mol. The van der Waals surface area contributed by atoms with Gasteiger partial charge in [0.05, 0.1) is 11.1 Å². The fourth-order valence-electron chi connectivity index (χ4n) is 3.08. The van der Waals surface area contributed by atoms with Crippen LogP contribution in [0, 0.1) is 0 Å². The van der Waals surface area contributed by atoms with E-state index in [-0.39, 0.29) is 16.5 Å². The summed E-state index contributed by atoms with van der Waals surface area (Å²) in [6, 6.07) is 6.54. The second-order valence-corrected chi connectivity index (χ2v) is 6.73. The van der Waals surface area contributed by atoms with E-state index in [1.165, 1.54) is 4.88 Å². The third kappa shape index (κ3) is 2.42. The largest absolute Gasteiger partial charge is 0.306 e. The first kappa shape index (κ1) is 14.4. The number of aryl methyl sites for hydroxylation is 2. The van der Waals surface area contributed by atoms with E-state index in [0.717, 1.165) is 41.5 Å². The van der Waals surface area contributed by atoms with Crippen molar-refractivity contribution in [2.75, 3.05) is 5.23 Å². The number of nitrogens with one attached hydrogen (secondary N) is 1. The van der Waals surface area contributed by atoms with E-state index in [1.54, 1.807) is 35.6 Å². The van der Waals surface area contributed by atoms with Gasteiger partial charge in [0.25, 0.3) is 5.56 Å². The minimum absolute atomic E-state index is 0.0456. The summed E-state index contributed by atoms with van der Waals surface area (Å²) in [6.45, 7) is 0. The lowest BCUT2D eigenvalue weighted by Gasteiger charge is -2.10. The van der Waals surface area contributed by atoms with Crippen molar-refractivity contribution in [1.29, 1.82) is 0 Å². The Morgan fingerprint density at radius 3 is 2.87 bits per heavy atom. The van der Waals surface area contributed by atoms with Gasteiger partial charge in [-0.3, -0.25) is 15.2 Å². The topological polar surface area (TPSA) is 89.5 Å². The van der Waals surface area contributed by atoms with Crippen molar-refractivity contribution in [3.8, 4) is 11.4 Å². The molecule has 1 aliphatic rings. The minimum atomic E-state index is -0.125. The molecule has 3 N–H and O–H groups in total. The number of hydrogen-bond donors (Lipinski definition) is 3. The lowest BCUT2D eigenvalue weighted by molar-refractivity contribution is 0.0292. The Labute approximate surface area is 135 Å². The number of aromatic nitrogens is 2. The zero-order valence-electron chi connectivity index (χ0n) is 12.2. The molecule has 0 amide bonds. The molecule has 0 aliphatic heterocycles. The van der Waals surface area contributed by atoms with E-state index in [2.05, 4.69) is 9.97 Å². The molecule has 2 heterocycles. The summed E-state index contributed by atoms with van der Waals surface area (Å²) in [5.74, 6) is 0.435. The molecule has 6 nitrogen and oxygen atoms in total. The zero-order chi connectivity index (χ0) is 16.0.